The van der Waals surface area contributed by atoms with Crippen LogP contribution in [-0.2, 0) is 6.54 Å². The van der Waals surface area contributed by atoms with Crippen LogP contribution in [0.1, 0.15) is 17.4 Å². The second-order valence-electron chi connectivity index (χ2n) is 4.25. The van der Waals surface area contributed by atoms with Crippen molar-refractivity contribution in [2.45, 2.75) is 20.4 Å². The van der Waals surface area contributed by atoms with Crippen molar-refractivity contribution in [3.05, 3.63) is 50.2 Å². The van der Waals surface area contributed by atoms with E-state index >= 15 is 0 Å². The first kappa shape index (κ1) is 14.3. The van der Waals surface area contributed by atoms with Gasteiger partial charge in [-0.3, -0.25) is 10.1 Å². The number of hydrogen-bond acceptors (Lipinski definition) is 5. The number of rotatable bonds is 6. The zero-order valence-corrected chi connectivity index (χ0v) is 12.2. The van der Waals surface area contributed by atoms with Crippen LogP contribution in [0.3, 0.4) is 0 Å². The summed E-state index contributed by atoms with van der Waals surface area (Å²) in [6, 6.07) is 6.91. The van der Waals surface area contributed by atoms with Crippen LogP contribution in [0.25, 0.3) is 0 Å². The summed E-state index contributed by atoms with van der Waals surface area (Å²) in [5, 5.41) is 16.3. The van der Waals surface area contributed by atoms with Crippen LogP contribution in [0.2, 0.25) is 0 Å². The average molecular weight is 292 g/mol. The molecule has 0 aliphatic rings. The standard InChI is InChI=1S/C14H16N2O3S/c1-3-19-11-4-5-12(13(8-11)16(17)18)15-9-14-10(2)6-7-20-14/h4-8,15H,3,9H2,1-2H3. The lowest BCUT2D eigenvalue weighted by atomic mass is 10.2. The van der Waals surface area contributed by atoms with Gasteiger partial charge in [-0.1, -0.05) is 0 Å². The van der Waals surface area contributed by atoms with E-state index in [-0.39, 0.29) is 5.69 Å². The van der Waals surface area contributed by atoms with Crippen LogP contribution in [0.5, 0.6) is 5.75 Å². The van der Waals surface area contributed by atoms with Crippen LogP contribution < -0.4 is 10.1 Å². The second-order valence-corrected chi connectivity index (χ2v) is 5.25. The average Bonchev–Trinajstić information content (AvgIpc) is 2.83. The Morgan fingerprint density at radius 3 is 2.80 bits per heavy atom. The fraction of sp³-hybridized carbons (Fsp3) is 0.286. The maximum absolute atomic E-state index is 11.1. The molecule has 6 heteroatoms. The fourth-order valence-electron chi connectivity index (χ4n) is 1.83. The summed E-state index contributed by atoms with van der Waals surface area (Å²) in [6.45, 7) is 4.94. The van der Waals surface area contributed by atoms with Crippen molar-refractivity contribution in [1.82, 2.24) is 0 Å². The van der Waals surface area contributed by atoms with Gasteiger partial charge in [-0.15, -0.1) is 11.3 Å². The van der Waals surface area contributed by atoms with Crippen molar-refractivity contribution >= 4 is 22.7 Å². The zero-order chi connectivity index (χ0) is 14.5. The highest BCUT2D eigenvalue weighted by atomic mass is 32.1. The Kier molecular flexibility index (Phi) is 4.57. The topological polar surface area (TPSA) is 64.4 Å². The van der Waals surface area contributed by atoms with Crippen LogP contribution in [0.15, 0.2) is 29.6 Å². The Hall–Kier alpha value is -2.08. The van der Waals surface area contributed by atoms with E-state index in [0.29, 0.717) is 24.6 Å². The van der Waals surface area contributed by atoms with Gasteiger partial charge in [-0.2, -0.15) is 0 Å². The Balaban J connectivity index is 2.18. The molecule has 0 spiro atoms. The summed E-state index contributed by atoms with van der Waals surface area (Å²) in [6.07, 6.45) is 0. The third kappa shape index (κ3) is 3.27. The largest absolute Gasteiger partial charge is 0.494 e. The van der Waals surface area contributed by atoms with Gasteiger partial charge in [0.1, 0.15) is 11.4 Å². The molecule has 20 heavy (non-hydrogen) atoms. The van der Waals surface area contributed by atoms with E-state index in [0.717, 1.165) is 0 Å². The van der Waals surface area contributed by atoms with Gasteiger partial charge in [0.25, 0.3) is 5.69 Å². The quantitative estimate of drug-likeness (QED) is 0.646. The molecule has 0 aliphatic heterocycles. The number of benzene rings is 1. The van der Waals surface area contributed by atoms with E-state index in [1.165, 1.54) is 16.5 Å². The van der Waals surface area contributed by atoms with Crippen LogP contribution >= 0.6 is 11.3 Å². The highest BCUT2D eigenvalue weighted by Gasteiger charge is 2.15. The molecule has 5 nitrogen and oxygen atoms in total. The number of nitro benzene ring substituents is 1. The van der Waals surface area contributed by atoms with E-state index in [1.54, 1.807) is 23.5 Å². The molecule has 1 aromatic carbocycles. The molecule has 2 aromatic rings. The Morgan fingerprint density at radius 2 is 2.20 bits per heavy atom. The summed E-state index contributed by atoms with van der Waals surface area (Å²) in [5.41, 5.74) is 1.73. The monoisotopic (exact) mass is 292 g/mol. The Bertz CT molecular complexity index is 610. The number of ether oxygens (including phenoxy) is 1. The molecule has 0 atom stereocenters. The highest BCUT2D eigenvalue weighted by Crippen LogP contribution is 2.30. The molecule has 2 rings (SSSR count). The summed E-state index contributed by atoms with van der Waals surface area (Å²) in [4.78, 5) is 11.9. The SMILES string of the molecule is CCOc1ccc(NCc2sccc2C)c([N+](=O)[O-])c1. The molecule has 1 heterocycles. The van der Waals surface area contributed by atoms with Crippen LogP contribution in [0.4, 0.5) is 11.4 Å². The molecule has 0 saturated heterocycles. The van der Waals surface area contributed by atoms with Crippen molar-refractivity contribution in [1.29, 1.82) is 0 Å². The Labute approximate surface area is 121 Å². The molecule has 0 aliphatic carbocycles. The molecule has 0 fully saturated rings. The number of nitro groups is 1. The maximum Gasteiger partial charge on any atom is 0.296 e. The first-order valence-electron chi connectivity index (χ1n) is 6.30. The van der Waals surface area contributed by atoms with Crippen molar-refractivity contribution < 1.29 is 9.66 Å². The minimum absolute atomic E-state index is 0.0326. The van der Waals surface area contributed by atoms with Gasteiger partial charge in [0.05, 0.1) is 17.6 Å². The number of thiophene rings is 1. The van der Waals surface area contributed by atoms with E-state index in [1.807, 2.05) is 25.3 Å². The van der Waals surface area contributed by atoms with Crippen molar-refractivity contribution in [2.75, 3.05) is 11.9 Å². The second kappa shape index (κ2) is 6.38. The molecule has 0 amide bonds. The summed E-state index contributed by atoms with van der Waals surface area (Å²) >= 11 is 1.64. The first-order chi connectivity index (χ1) is 9.61. The van der Waals surface area contributed by atoms with Gasteiger partial charge in [0.15, 0.2) is 0 Å². The van der Waals surface area contributed by atoms with E-state index in [2.05, 4.69) is 5.32 Å². The third-order valence-electron chi connectivity index (χ3n) is 2.88. The zero-order valence-electron chi connectivity index (χ0n) is 11.4. The van der Waals surface area contributed by atoms with E-state index < -0.39 is 4.92 Å². The number of anilines is 1. The normalized spacial score (nSPS) is 10.3. The minimum atomic E-state index is -0.397. The summed E-state index contributed by atoms with van der Waals surface area (Å²) < 4.78 is 5.29. The Morgan fingerprint density at radius 1 is 1.40 bits per heavy atom. The lowest BCUT2D eigenvalue weighted by molar-refractivity contribution is -0.384. The lowest BCUT2D eigenvalue weighted by Crippen LogP contribution is -2.03. The maximum atomic E-state index is 11.1. The predicted molar refractivity (Wildman–Crippen MR) is 80.6 cm³/mol. The molecule has 1 aromatic heterocycles. The number of nitrogens with one attached hydrogen (secondary N) is 1. The number of aryl methyl sites for hydroxylation is 1. The van der Waals surface area contributed by atoms with Crippen LogP contribution in [-0.4, -0.2) is 11.5 Å². The summed E-state index contributed by atoms with van der Waals surface area (Å²) in [5.74, 6) is 0.511. The van der Waals surface area contributed by atoms with Crippen molar-refractivity contribution in [2.24, 2.45) is 0 Å². The molecule has 106 valence electrons. The minimum Gasteiger partial charge on any atom is -0.494 e. The molecule has 1 N–H and O–H groups in total. The van der Waals surface area contributed by atoms with Crippen molar-refractivity contribution in [3.8, 4) is 5.75 Å². The van der Waals surface area contributed by atoms with Gasteiger partial charge in [-0.05, 0) is 43.0 Å². The lowest BCUT2D eigenvalue weighted by Gasteiger charge is -2.09. The van der Waals surface area contributed by atoms with E-state index in [9.17, 15) is 10.1 Å². The van der Waals surface area contributed by atoms with E-state index in [4.69, 9.17) is 4.74 Å². The van der Waals surface area contributed by atoms with Crippen LogP contribution in [0, 0.1) is 17.0 Å². The molecular formula is C14H16N2O3S. The fourth-order valence-corrected chi connectivity index (χ4v) is 2.68. The van der Waals surface area contributed by atoms with Crippen molar-refractivity contribution in [3.63, 3.8) is 0 Å². The number of hydrogen-bond donors (Lipinski definition) is 1. The highest BCUT2D eigenvalue weighted by molar-refractivity contribution is 7.10. The third-order valence-corrected chi connectivity index (χ3v) is 3.91. The molecule has 0 radical (unpaired) electrons. The predicted octanol–water partition coefficient (Wildman–Crippen LogP) is 3.98. The smallest absolute Gasteiger partial charge is 0.296 e. The number of nitrogens with zero attached hydrogens (tertiary/aromatic N) is 1. The molecule has 0 bridgehead atoms. The first-order valence-corrected chi connectivity index (χ1v) is 7.18. The van der Waals surface area contributed by atoms with Gasteiger partial charge in [0.2, 0.25) is 0 Å². The molecular weight excluding hydrogens is 276 g/mol. The molecule has 0 unspecified atom stereocenters. The van der Waals surface area contributed by atoms with Gasteiger partial charge >= 0.3 is 0 Å². The van der Waals surface area contributed by atoms with Gasteiger partial charge < -0.3 is 10.1 Å². The van der Waals surface area contributed by atoms with Gasteiger partial charge in [0, 0.05) is 11.4 Å². The van der Waals surface area contributed by atoms with Gasteiger partial charge in [-0.25, -0.2) is 0 Å². The molecule has 0 saturated carbocycles. The summed E-state index contributed by atoms with van der Waals surface area (Å²) in [7, 11) is 0.